The maximum absolute atomic E-state index is 10.5. The third-order valence-corrected chi connectivity index (χ3v) is 10.3. The fourth-order valence-corrected chi connectivity index (χ4v) is 8.53. The molecular formula is C13H27BrN2O3Si. The topological polar surface area (TPSA) is 70.9 Å². The van der Waals surface area contributed by atoms with Crippen molar-refractivity contribution in [2.24, 2.45) is 5.10 Å². The van der Waals surface area contributed by atoms with Gasteiger partial charge in [-0.05, 0) is 32.6 Å². The second kappa shape index (κ2) is 8.79. The van der Waals surface area contributed by atoms with Crippen molar-refractivity contribution in [2.45, 2.75) is 58.2 Å². The predicted molar refractivity (Wildman–Crippen MR) is 89.0 cm³/mol. The molecule has 0 heterocycles. The fourth-order valence-electron chi connectivity index (χ4n) is 2.95. The summed E-state index contributed by atoms with van der Waals surface area (Å²) in [4.78, 5) is 10.5. The highest BCUT2D eigenvalue weighted by Crippen LogP contribution is 2.41. The Hall–Kier alpha value is -0.403. The lowest BCUT2D eigenvalue weighted by Gasteiger charge is -2.42. The van der Waals surface area contributed by atoms with E-state index in [0.717, 1.165) is 0 Å². The molecule has 7 heteroatoms. The number of nitrogens with zero attached hydrogens (tertiary/aromatic N) is 1. The number of carboxylic acids is 1. The average Bonchev–Trinajstić information content (AvgIpc) is 2.31. The minimum absolute atomic E-state index is 0.127. The van der Waals surface area contributed by atoms with Crippen LogP contribution < -0.4 is 5.43 Å². The van der Waals surface area contributed by atoms with Crippen LogP contribution in [-0.2, 0) is 9.22 Å². The van der Waals surface area contributed by atoms with Crippen molar-refractivity contribution in [2.75, 3.05) is 13.2 Å². The molecule has 0 saturated heterocycles. The van der Waals surface area contributed by atoms with Crippen molar-refractivity contribution >= 4 is 34.8 Å². The van der Waals surface area contributed by atoms with Crippen molar-refractivity contribution in [1.29, 1.82) is 0 Å². The van der Waals surface area contributed by atoms with Crippen LogP contribution in [0.5, 0.6) is 0 Å². The summed E-state index contributed by atoms with van der Waals surface area (Å²) in [6.07, 6.45) is 0. The normalized spacial score (nSPS) is 13.4. The molecule has 0 aliphatic heterocycles. The van der Waals surface area contributed by atoms with Gasteiger partial charge in [0, 0.05) is 0 Å². The van der Waals surface area contributed by atoms with Crippen molar-refractivity contribution in [3.63, 3.8) is 0 Å². The molecule has 0 rings (SSSR count). The first kappa shape index (κ1) is 19.6. The summed E-state index contributed by atoms with van der Waals surface area (Å²) in [6.45, 7) is 14.5. The van der Waals surface area contributed by atoms with Gasteiger partial charge in [-0.2, -0.15) is 5.10 Å². The largest absolute Gasteiger partial charge is 0.476 e. The van der Waals surface area contributed by atoms with Crippen LogP contribution >= 0.6 is 15.9 Å². The quantitative estimate of drug-likeness (QED) is 0.283. The second-order valence-electron chi connectivity index (χ2n) is 5.78. The highest BCUT2D eigenvalue weighted by molar-refractivity contribution is 9.19. The van der Waals surface area contributed by atoms with E-state index in [1.165, 1.54) is 0 Å². The number of hydrogen-bond acceptors (Lipinski definition) is 4. The Labute approximate surface area is 131 Å². The molecule has 0 fully saturated rings. The van der Waals surface area contributed by atoms with Crippen LogP contribution in [0.1, 0.15) is 41.5 Å². The molecule has 0 spiro atoms. The highest BCUT2D eigenvalue weighted by Gasteiger charge is 2.44. The van der Waals surface area contributed by atoms with Crippen LogP contribution in [0.3, 0.4) is 0 Å². The minimum Gasteiger partial charge on any atom is -0.476 e. The molecule has 0 aliphatic carbocycles. The molecule has 0 aromatic carbocycles. The molecule has 0 bridgehead atoms. The maximum atomic E-state index is 10.5. The van der Waals surface area contributed by atoms with E-state index in [0.29, 0.717) is 29.8 Å². The summed E-state index contributed by atoms with van der Waals surface area (Å²) in [5, 5.41) is 12.3. The van der Waals surface area contributed by atoms with Gasteiger partial charge in [-0.1, -0.05) is 41.5 Å². The third kappa shape index (κ3) is 5.18. The van der Waals surface area contributed by atoms with E-state index >= 15 is 0 Å². The maximum Gasteiger partial charge on any atom is 0.363 e. The molecule has 5 nitrogen and oxygen atoms in total. The number of aliphatic carboxylic acids is 1. The molecule has 0 unspecified atom stereocenters. The van der Waals surface area contributed by atoms with Crippen LogP contribution in [0, 0.1) is 0 Å². The van der Waals surface area contributed by atoms with Gasteiger partial charge in [0.15, 0.2) is 8.32 Å². The van der Waals surface area contributed by atoms with E-state index in [-0.39, 0.29) is 4.62 Å². The SMILES string of the molecule is CC(C)[Si](OCCN/N=C(/Br)C(=O)O)(C(C)C)C(C)C. The van der Waals surface area contributed by atoms with Crippen LogP contribution in [0.25, 0.3) is 0 Å². The zero-order valence-corrected chi connectivity index (χ0v) is 15.8. The molecule has 20 heavy (non-hydrogen) atoms. The summed E-state index contributed by atoms with van der Waals surface area (Å²) in [6, 6.07) is 0. The number of hydrazone groups is 1. The van der Waals surface area contributed by atoms with Gasteiger partial charge in [0.25, 0.3) is 0 Å². The summed E-state index contributed by atoms with van der Waals surface area (Å²) in [5.74, 6) is -1.09. The van der Waals surface area contributed by atoms with Crippen LogP contribution in [0.15, 0.2) is 5.10 Å². The summed E-state index contributed by atoms with van der Waals surface area (Å²) in [5.41, 5.74) is 4.33. The fraction of sp³-hybridized carbons (Fsp3) is 0.846. The Bertz CT molecular complexity index is 325. The van der Waals surface area contributed by atoms with Gasteiger partial charge in [-0.3, -0.25) is 0 Å². The molecular weight excluding hydrogens is 340 g/mol. The molecule has 0 aromatic heterocycles. The van der Waals surface area contributed by atoms with Gasteiger partial charge in [-0.25, -0.2) is 4.79 Å². The zero-order chi connectivity index (χ0) is 15.9. The van der Waals surface area contributed by atoms with Crippen molar-refractivity contribution < 1.29 is 14.3 Å². The van der Waals surface area contributed by atoms with Crippen LogP contribution in [0.4, 0.5) is 0 Å². The lowest BCUT2D eigenvalue weighted by molar-refractivity contribution is -0.129. The highest BCUT2D eigenvalue weighted by atomic mass is 79.9. The predicted octanol–water partition coefficient (Wildman–Crippen LogP) is 3.56. The molecule has 0 radical (unpaired) electrons. The third-order valence-electron chi connectivity index (χ3n) is 3.63. The molecule has 0 aliphatic rings. The Morgan fingerprint density at radius 2 is 1.65 bits per heavy atom. The number of carboxylic acid groups (broad SMARTS) is 1. The van der Waals surface area contributed by atoms with E-state index in [2.05, 4.69) is 68.0 Å². The van der Waals surface area contributed by atoms with Crippen molar-refractivity contribution in [3.05, 3.63) is 0 Å². The number of nitrogens with one attached hydrogen (secondary N) is 1. The van der Waals surface area contributed by atoms with E-state index in [1.54, 1.807) is 0 Å². The first-order valence-electron chi connectivity index (χ1n) is 6.99. The number of carbonyl (C=O) groups is 1. The number of rotatable bonds is 9. The first-order chi connectivity index (χ1) is 9.16. The van der Waals surface area contributed by atoms with Gasteiger partial charge in [0.05, 0.1) is 13.2 Å². The van der Waals surface area contributed by atoms with Gasteiger partial charge >= 0.3 is 5.97 Å². The molecule has 2 N–H and O–H groups in total. The smallest absolute Gasteiger partial charge is 0.363 e. The van der Waals surface area contributed by atoms with Gasteiger partial charge in [0.1, 0.15) is 0 Å². The lowest BCUT2D eigenvalue weighted by Crippen LogP contribution is -2.48. The van der Waals surface area contributed by atoms with Gasteiger partial charge in [-0.15, -0.1) is 0 Å². The molecule has 118 valence electrons. The van der Waals surface area contributed by atoms with Crippen LogP contribution in [0.2, 0.25) is 16.6 Å². The van der Waals surface area contributed by atoms with E-state index in [1.807, 2.05) is 0 Å². The molecule has 0 amide bonds. The van der Waals surface area contributed by atoms with Crippen LogP contribution in [-0.4, -0.2) is 37.2 Å². The summed E-state index contributed by atoms with van der Waals surface area (Å²) >= 11 is 2.86. The zero-order valence-electron chi connectivity index (χ0n) is 13.2. The Morgan fingerprint density at radius 1 is 1.20 bits per heavy atom. The van der Waals surface area contributed by atoms with E-state index in [4.69, 9.17) is 9.53 Å². The van der Waals surface area contributed by atoms with Gasteiger partial charge < -0.3 is 15.0 Å². The van der Waals surface area contributed by atoms with Gasteiger partial charge in [0.2, 0.25) is 4.62 Å². The number of halogens is 1. The first-order valence-corrected chi connectivity index (χ1v) is 9.92. The molecule has 0 saturated carbocycles. The standard InChI is InChI=1S/C13H27BrN2O3Si/c1-9(2)20(10(3)4,11(5)6)19-8-7-15-16-12(14)13(17)18/h9-11,15H,7-8H2,1-6H3,(H,17,18)/b16-12+. The monoisotopic (exact) mass is 366 g/mol. The van der Waals surface area contributed by atoms with E-state index in [9.17, 15) is 4.79 Å². The van der Waals surface area contributed by atoms with Crippen molar-refractivity contribution in [3.8, 4) is 0 Å². The number of hydrogen-bond donors (Lipinski definition) is 2. The Morgan fingerprint density at radius 3 is 2.00 bits per heavy atom. The second-order valence-corrected chi connectivity index (χ2v) is 12.0. The lowest BCUT2D eigenvalue weighted by atomic mass is 10.5. The summed E-state index contributed by atoms with van der Waals surface area (Å²) in [7, 11) is -1.84. The Balaban J connectivity index is 4.51. The minimum atomic E-state index is -1.84. The average molecular weight is 367 g/mol. The van der Waals surface area contributed by atoms with E-state index < -0.39 is 14.3 Å². The summed E-state index contributed by atoms with van der Waals surface area (Å²) < 4.78 is 6.17. The molecule has 0 atom stereocenters. The molecule has 0 aromatic rings. The Kier molecular flexibility index (Phi) is 8.61. The van der Waals surface area contributed by atoms with Crippen molar-refractivity contribution in [1.82, 2.24) is 5.43 Å².